The maximum Gasteiger partial charge on any atom is 0.270 e. The largest absolute Gasteiger partial charge is 0.492 e. The number of thioether (sulfide) groups is 2. The summed E-state index contributed by atoms with van der Waals surface area (Å²) in [5, 5.41) is 0. The van der Waals surface area contributed by atoms with E-state index in [1.165, 1.54) is 11.8 Å². The zero-order valence-electron chi connectivity index (χ0n) is 15.8. The van der Waals surface area contributed by atoms with E-state index in [0.717, 1.165) is 26.4 Å². The van der Waals surface area contributed by atoms with E-state index in [0.29, 0.717) is 21.8 Å². The Morgan fingerprint density at radius 2 is 2.07 bits per heavy atom. The maximum atomic E-state index is 13.0. The average molecular weight is 495 g/mol. The third kappa shape index (κ3) is 5.00. The molecule has 3 rings (SSSR count). The zero-order chi connectivity index (χ0) is 20.3. The van der Waals surface area contributed by atoms with Gasteiger partial charge in [-0.1, -0.05) is 50.0 Å². The summed E-state index contributed by atoms with van der Waals surface area (Å²) >= 11 is 12.0. The minimum absolute atomic E-state index is 0.0930. The summed E-state index contributed by atoms with van der Waals surface area (Å²) in [6, 6.07) is 13.7. The zero-order valence-corrected chi connectivity index (χ0v) is 19.8. The quantitative estimate of drug-likeness (QED) is 0.256. The summed E-state index contributed by atoms with van der Waals surface area (Å²) in [5.41, 5.74) is 1.72. The van der Waals surface area contributed by atoms with Crippen molar-refractivity contribution < 1.29 is 9.53 Å². The van der Waals surface area contributed by atoms with Gasteiger partial charge in [-0.2, -0.15) is 0 Å². The second-order valence-corrected chi connectivity index (χ2v) is 10.0. The molecule has 1 heterocycles. The Morgan fingerprint density at radius 1 is 1.29 bits per heavy atom. The van der Waals surface area contributed by atoms with Gasteiger partial charge in [-0.15, -0.1) is 11.8 Å². The first-order valence-corrected chi connectivity index (χ1v) is 12.0. The number of thiocarbonyl (C=S) groups is 1. The van der Waals surface area contributed by atoms with Gasteiger partial charge in [0.25, 0.3) is 5.91 Å². The lowest BCUT2D eigenvalue weighted by Gasteiger charge is -2.15. The smallest absolute Gasteiger partial charge is 0.270 e. The fourth-order valence-electron chi connectivity index (χ4n) is 2.57. The van der Waals surface area contributed by atoms with Gasteiger partial charge in [0.05, 0.1) is 21.7 Å². The van der Waals surface area contributed by atoms with Crippen LogP contribution in [0.15, 0.2) is 56.7 Å². The number of carbonyl (C=O) groups excluding carboxylic acids is 1. The Hall–Kier alpha value is -1.28. The van der Waals surface area contributed by atoms with E-state index in [2.05, 4.69) is 29.8 Å². The highest BCUT2D eigenvalue weighted by molar-refractivity contribution is 9.10. The summed E-state index contributed by atoms with van der Waals surface area (Å²) in [6.07, 6.45) is 3.88. The normalized spacial score (nSPS) is 15.8. The van der Waals surface area contributed by atoms with Crippen molar-refractivity contribution in [3.63, 3.8) is 0 Å². The molecule has 0 bridgehead atoms. The monoisotopic (exact) mass is 493 g/mol. The van der Waals surface area contributed by atoms with E-state index < -0.39 is 0 Å². The van der Waals surface area contributed by atoms with Crippen LogP contribution in [-0.2, 0) is 4.79 Å². The minimum Gasteiger partial charge on any atom is -0.492 e. The predicted molar refractivity (Wildman–Crippen MR) is 128 cm³/mol. The fraction of sp³-hybridized carbons (Fsp3) is 0.238. The minimum atomic E-state index is -0.0930. The molecule has 0 aliphatic carbocycles. The van der Waals surface area contributed by atoms with Crippen molar-refractivity contribution in [2.45, 2.75) is 18.7 Å². The third-order valence-electron chi connectivity index (χ3n) is 3.93. The highest BCUT2D eigenvalue weighted by Crippen LogP contribution is 2.37. The number of hydrogen-bond acceptors (Lipinski definition) is 5. The number of ether oxygens (including phenoxy) is 1. The van der Waals surface area contributed by atoms with Crippen molar-refractivity contribution in [2.24, 2.45) is 5.92 Å². The van der Waals surface area contributed by atoms with E-state index in [4.69, 9.17) is 17.0 Å². The molecule has 28 heavy (non-hydrogen) atoms. The molecule has 146 valence electrons. The molecule has 0 aromatic heterocycles. The van der Waals surface area contributed by atoms with E-state index in [1.807, 2.05) is 54.8 Å². The lowest BCUT2D eigenvalue weighted by Crippen LogP contribution is -2.27. The molecular formula is C21H20BrNO2S3. The van der Waals surface area contributed by atoms with Gasteiger partial charge in [0.2, 0.25) is 0 Å². The van der Waals surface area contributed by atoms with E-state index in [1.54, 1.807) is 16.7 Å². The summed E-state index contributed by atoms with van der Waals surface area (Å²) in [7, 11) is 0. The summed E-state index contributed by atoms with van der Waals surface area (Å²) in [4.78, 5) is 16.3. The van der Waals surface area contributed by atoms with Gasteiger partial charge in [-0.05, 0) is 70.1 Å². The van der Waals surface area contributed by atoms with Crippen LogP contribution in [0.3, 0.4) is 0 Å². The van der Waals surface area contributed by atoms with Crippen LogP contribution in [0.2, 0.25) is 0 Å². The number of halogens is 1. The lowest BCUT2D eigenvalue weighted by atomic mass is 10.2. The van der Waals surface area contributed by atoms with Gasteiger partial charge in [0, 0.05) is 4.90 Å². The highest BCUT2D eigenvalue weighted by atomic mass is 79.9. The van der Waals surface area contributed by atoms with Crippen molar-refractivity contribution in [1.82, 2.24) is 0 Å². The molecule has 1 saturated heterocycles. The Kier molecular flexibility index (Phi) is 7.25. The van der Waals surface area contributed by atoms with Crippen molar-refractivity contribution >= 4 is 73.7 Å². The second kappa shape index (κ2) is 9.48. The Labute approximate surface area is 188 Å². The standard InChI is InChI=1S/C21H20BrNO2S3/c1-13(2)12-25-18-8-7-14(9-17(18)22)10-19-20(24)23(21(26)28-19)15-5-4-6-16(11-15)27-3/h4-11,13H,12H2,1-3H3/b19-10+. The molecule has 1 fully saturated rings. The molecule has 0 spiro atoms. The molecule has 0 unspecified atom stereocenters. The van der Waals surface area contributed by atoms with Crippen LogP contribution >= 0.6 is 51.7 Å². The number of carbonyl (C=O) groups is 1. The van der Waals surface area contributed by atoms with E-state index in [-0.39, 0.29) is 5.91 Å². The van der Waals surface area contributed by atoms with Crippen LogP contribution in [0.5, 0.6) is 5.75 Å². The molecule has 7 heteroatoms. The Bertz CT molecular complexity index is 943. The number of rotatable bonds is 6. The van der Waals surface area contributed by atoms with Gasteiger partial charge in [0.1, 0.15) is 5.75 Å². The molecule has 1 aliphatic heterocycles. The molecule has 2 aromatic carbocycles. The van der Waals surface area contributed by atoms with Crippen LogP contribution in [0.4, 0.5) is 5.69 Å². The Morgan fingerprint density at radius 3 is 2.75 bits per heavy atom. The Balaban J connectivity index is 1.82. The van der Waals surface area contributed by atoms with E-state index in [9.17, 15) is 4.79 Å². The van der Waals surface area contributed by atoms with Crippen molar-refractivity contribution in [1.29, 1.82) is 0 Å². The lowest BCUT2D eigenvalue weighted by molar-refractivity contribution is -0.113. The number of amides is 1. The number of anilines is 1. The predicted octanol–water partition coefficient (Wildman–Crippen LogP) is 6.61. The molecule has 0 N–H and O–H groups in total. The maximum absolute atomic E-state index is 13.0. The SMILES string of the molecule is CSc1cccc(N2C(=O)/C(=C\c3ccc(OCC(C)C)c(Br)c3)SC2=S)c1. The van der Waals surface area contributed by atoms with Gasteiger partial charge < -0.3 is 4.74 Å². The van der Waals surface area contributed by atoms with Crippen LogP contribution in [-0.4, -0.2) is 23.1 Å². The second-order valence-electron chi connectivity index (χ2n) is 6.61. The first kappa shape index (κ1) is 21.4. The first-order chi connectivity index (χ1) is 13.4. The summed E-state index contributed by atoms with van der Waals surface area (Å²) in [6.45, 7) is 4.88. The molecule has 1 aliphatic rings. The van der Waals surface area contributed by atoms with Crippen LogP contribution < -0.4 is 9.64 Å². The third-order valence-corrected chi connectivity index (χ3v) is 6.58. The van der Waals surface area contributed by atoms with Crippen molar-refractivity contribution in [3.05, 3.63) is 57.4 Å². The van der Waals surface area contributed by atoms with Crippen LogP contribution in [0.25, 0.3) is 6.08 Å². The first-order valence-electron chi connectivity index (χ1n) is 8.73. The number of hydrogen-bond donors (Lipinski definition) is 0. The molecular weight excluding hydrogens is 474 g/mol. The molecule has 1 amide bonds. The van der Waals surface area contributed by atoms with Gasteiger partial charge >= 0.3 is 0 Å². The van der Waals surface area contributed by atoms with Gasteiger partial charge in [0.15, 0.2) is 4.32 Å². The van der Waals surface area contributed by atoms with Crippen molar-refractivity contribution in [2.75, 3.05) is 17.8 Å². The number of benzene rings is 2. The molecule has 0 radical (unpaired) electrons. The van der Waals surface area contributed by atoms with Gasteiger partial charge in [-0.3, -0.25) is 9.69 Å². The number of nitrogens with zero attached hydrogens (tertiary/aromatic N) is 1. The van der Waals surface area contributed by atoms with E-state index >= 15 is 0 Å². The van der Waals surface area contributed by atoms with Gasteiger partial charge in [-0.25, -0.2) is 0 Å². The highest BCUT2D eigenvalue weighted by Gasteiger charge is 2.33. The molecule has 0 saturated carbocycles. The van der Waals surface area contributed by atoms with Crippen LogP contribution in [0, 0.1) is 5.92 Å². The van der Waals surface area contributed by atoms with Crippen LogP contribution in [0.1, 0.15) is 19.4 Å². The fourth-order valence-corrected chi connectivity index (χ4v) is 4.83. The molecule has 3 nitrogen and oxygen atoms in total. The molecule has 2 aromatic rings. The topological polar surface area (TPSA) is 29.5 Å². The van der Waals surface area contributed by atoms with Crippen molar-refractivity contribution in [3.8, 4) is 5.75 Å². The molecule has 0 atom stereocenters. The summed E-state index contributed by atoms with van der Waals surface area (Å²) in [5.74, 6) is 1.16. The summed E-state index contributed by atoms with van der Waals surface area (Å²) < 4.78 is 7.20. The average Bonchev–Trinajstić information content (AvgIpc) is 2.94.